The standard InChI is InChI=1S/C72H102S6/c1-22-30-33-35-52-47(26-5)40-56(74-52)62-60(54-38-45(11)66(76-54)70(16,17)29-8)64(58-42-49(44(9)10)53(75-58)34-31-23-2)63(57-41-48(27-6)68(78-57)69(13,14)15)65(59-43-50(51(28-7)73-59)71(18,19)36-25-4)61(62)55-39-46(12)67(77-55)72(20,21)37-32-24-3/h38-44H,22-37H2,1-21H3. The zero-order valence-electron chi connectivity index (χ0n) is 52.8. The number of unbranched alkanes of at least 4 members (excludes halogenated alkanes) is 4. The molecule has 6 heterocycles. The molecular formula is C72H102S6. The van der Waals surface area contributed by atoms with Crippen molar-refractivity contribution in [1.29, 1.82) is 0 Å². The second-order valence-corrected chi connectivity index (χ2v) is 32.9. The van der Waals surface area contributed by atoms with Crippen LogP contribution in [0.1, 0.15) is 271 Å². The highest BCUT2D eigenvalue weighted by Crippen LogP contribution is 2.63. The molecule has 0 saturated heterocycles. The molecule has 426 valence electrons. The largest absolute Gasteiger partial charge is 0.140 e. The number of rotatable bonds is 26. The molecule has 0 aliphatic carbocycles. The smallest absolute Gasteiger partial charge is 0.0362 e. The number of hydrogen-bond acceptors (Lipinski definition) is 6. The minimum Gasteiger partial charge on any atom is -0.140 e. The van der Waals surface area contributed by atoms with Crippen molar-refractivity contribution in [2.75, 3.05) is 0 Å². The maximum absolute atomic E-state index is 2.74. The Morgan fingerprint density at radius 3 is 1.31 bits per heavy atom. The van der Waals surface area contributed by atoms with E-state index in [-0.39, 0.29) is 21.7 Å². The summed E-state index contributed by atoms with van der Waals surface area (Å²) in [7, 11) is 0. The maximum Gasteiger partial charge on any atom is 0.0362 e. The van der Waals surface area contributed by atoms with Gasteiger partial charge in [-0.2, -0.15) is 0 Å². The molecule has 0 N–H and O–H groups in total. The van der Waals surface area contributed by atoms with Crippen LogP contribution in [0.15, 0.2) is 36.4 Å². The number of hydrogen-bond donors (Lipinski definition) is 0. The van der Waals surface area contributed by atoms with Gasteiger partial charge in [-0.15, -0.1) is 68.0 Å². The third kappa shape index (κ3) is 13.0. The third-order valence-corrected chi connectivity index (χ3v) is 25.8. The van der Waals surface area contributed by atoms with Gasteiger partial charge in [0.05, 0.1) is 0 Å². The molecule has 0 fully saturated rings. The van der Waals surface area contributed by atoms with Gasteiger partial charge in [-0.3, -0.25) is 0 Å². The SMILES string of the molecule is CCCCCc1sc(-c2c(-c3cc(C)c(C(C)(C)CC)s3)c(-c3cc(C(C)C)c(CCCC)s3)c(-c3cc(CC)c(C(C)(C)C)s3)c(-c3cc(C(C)(C)CCC)c(CC)s3)c2-c2cc(C)c(C(C)(C)CCCC)s2)cc1CC. The lowest BCUT2D eigenvalue weighted by atomic mass is 9.79. The Morgan fingerprint density at radius 1 is 0.385 bits per heavy atom. The monoisotopic (exact) mass is 1160 g/mol. The highest BCUT2D eigenvalue weighted by Gasteiger charge is 2.38. The fourth-order valence-corrected chi connectivity index (χ4v) is 20.7. The molecule has 0 atom stereocenters. The number of benzene rings is 1. The van der Waals surface area contributed by atoms with E-state index in [9.17, 15) is 0 Å². The Hall–Kier alpha value is -2.58. The second kappa shape index (κ2) is 25.9. The van der Waals surface area contributed by atoms with Crippen LogP contribution in [0, 0.1) is 13.8 Å². The van der Waals surface area contributed by atoms with E-state index < -0.39 is 0 Å². The summed E-state index contributed by atoms with van der Waals surface area (Å²) in [6, 6.07) is 16.1. The number of aryl methyl sites for hydroxylation is 7. The topological polar surface area (TPSA) is 0 Å². The van der Waals surface area contributed by atoms with E-state index in [1.54, 1.807) is 36.2 Å². The Balaban J connectivity index is 1.91. The van der Waals surface area contributed by atoms with Crippen molar-refractivity contribution in [2.45, 2.75) is 276 Å². The van der Waals surface area contributed by atoms with Gasteiger partial charge in [0.25, 0.3) is 0 Å². The minimum absolute atomic E-state index is 0.00789. The zero-order valence-corrected chi connectivity index (χ0v) is 57.7. The van der Waals surface area contributed by atoms with E-state index in [0.717, 1.165) is 38.5 Å². The molecule has 0 aliphatic rings. The molecule has 0 spiro atoms. The lowest BCUT2D eigenvalue weighted by Gasteiger charge is -2.26. The molecule has 0 bridgehead atoms. The van der Waals surface area contributed by atoms with E-state index in [1.807, 2.05) is 0 Å². The fourth-order valence-electron chi connectivity index (χ4n) is 12.5. The van der Waals surface area contributed by atoms with Crippen molar-refractivity contribution in [3.63, 3.8) is 0 Å². The van der Waals surface area contributed by atoms with Crippen LogP contribution in [0.25, 0.3) is 62.6 Å². The van der Waals surface area contributed by atoms with Gasteiger partial charge in [-0.05, 0) is 175 Å². The van der Waals surface area contributed by atoms with Gasteiger partial charge >= 0.3 is 0 Å². The molecule has 6 heteroatoms. The number of thiophene rings is 6. The van der Waals surface area contributed by atoms with Crippen LogP contribution < -0.4 is 0 Å². The van der Waals surface area contributed by atoms with E-state index in [2.05, 4.69) is 250 Å². The van der Waals surface area contributed by atoms with Crippen LogP contribution in [-0.4, -0.2) is 0 Å². The average Bonchev–Trinajstić information content (AvgIpc) is 4.30. The lowest BCUT2D eigenvalue weighted by molar-refractivity contribution is 0.464. The van der Waals surface area contributed by atoms with Crippen molar-refractivity contribution in [1.82, 2.24) is 0 Å². The van der Waals surface area contributed by atoms with Crippen molar-refractivity contribution in [3.05, 3.63) is 99.0 Å². The van der Waals surface area contributed by atoms with Crippen LogP contribution >= 0.6 is 68.0 Å². The van der Waals surface area contributed by atoms with E-state index >= 15 is 0 Å². The normalized spacial score (nSPS) is 12.8. The Kier molecular flexibility index (Phi) is 20.9. The average molecular weight is 1160 g/mol. The molecular weight excluding hydrogens is 1060 g/mol. The van der Waals surface area contributed by atoms with Crippen LogP contribution in [0.4, 0.5) is 0 Å². The molecule has 0 unspecified atom stereocenters. The second-order valence-electron chi connectivity index (χ2n) is 26.3. The summed E-state index contributed by atoms with van der Waals surface area (Å²) in [4.78, 5) is 18.0. The van der Waals surface area contributed by atoms with Crippen LogP contribution in [0.5, 0.6) is 0 Å². The van der Waals surface area contributed by atoms with Crippen molar-refractivity contribution in [3.8, 4) is 62.6 Å². The lowest BCUT2D eigenvalue weighted by Crippen LogP contribution is -2.17. The van der Waals surface area contributed by atoms with Crippen molar-refractivity contribution < 1.29 is 0 Å². The Bertz CT molecular complexity index is 3120. The first-order chi connectivity index (χ1) is 36.9. The van der Waals surface area contributed by atoms with Gasteiger partial charge in [-0.25, -0.2) is 0 Å². The first-order valence-corrected chi connectivity index (χ1v) is 35.7. The molecule has 1 aromatic carbocycles. The molecule has 0 saturated carbocycles. The molecule has 0 aliphatic heterocycles. The summed E-state index contributed by atoms with van der Waals surface area (Å²) in [5.74, 6) is 0.431. The zero-order chi connectivity index (χ0) is 57.2. The van der Waals surface area contributed by atoms with Gasteiger partial charge in [0, 0.05) is 91.9 Å². The Morgan fingerprint density at radius 2 is 0.833 bits per heavy atom. The third-order valence-electron chi connectivity index (χ3n) is 17.2. The van der Waals surface area contributed by atoms with Crippen molar-refractivity contribution >= 4 is 68.0 Å². The van der Waals surface area contributed by atoms with Gasteiger partial charge in [0.2, 0.25) is 0 Å². The highest BCUT2D eigenvalue weighted by molar-refractivity contribution is 7.19. The molecule has 6 aromatic heterocycles. The summed E-state index contributed by atoms with van der Waals surface area (Å²) in [5.41, 5.74) is 18.0. The van der Waals surface area contributed by atoms with Gasteiger partial charge in [0.1, 0.15) is 0 Å². The predicted octanol–water partition coefficient (Wildman–Crippen LogP) is 26.1. The van der Waals surface area contributed by atoms with Gasteiger partial charge < -0.3 is 0 Å². The molecule has 7 rings (SSSR count). The highest BCUT2D eigenvalue weighted by atomic mass is 32.1. The first-order valence-electron chi connectivity index (χ1n) is 30.8. The Labute approximate surface area is 501 Å². The van der Waals surface area contributed by atoms with Crippen LogP contribution in [0.3, 0.4) is 0 Å². The summed E-state index contributed by atoms with van der Waals surface area (Å²) in [6.07, 6.45) is 18.6. The summed E-state index contributed by atoms with van der Waals surface area (Å²) in [5, 5.41) is 0. The first kappa shape index (κ1) is 63.0. The molecule has 78 heavy (non-hydrogen) atoms. The predicted molar refractivity (Wildman–Crippen MR) is 362 cm³/mol. The van der Waals surface area contributed by atoms with Gasteiger partial charge in [0.15, 0.2) is 0 Å². The van der Waals surface area contributed by atoms with Crippen molar-refractivity contribution in [2.24, 2.45) is 0 Å². The summed E-state index contributed by atoms with van der Waals surface area (Å²) in [6.45, 7) is 51.3. The van der Waals surface area contributed by atoms with Crippen LogP contribution in [-0.2, 0) is 53.8 Å². The maximum atomic E-state index is 2.74. The summed E-state index contributed by atoms with van der Waals surface area (Å²) < 4.78 is 0. The van der Waals surface area contributed by atoms with E-state index in [0.29, 0.717) is 5.92 Å². The quantitative estimate of drug-likeness (QED) is 0.0474. The molecule has 7 aromatic rings. The van der Waals surface area contributed by atoms with Crippen LogP contribution in [0.2, 0.25) is 0 Å². The van der Waals surface area contributed by atoms with E-state index in [1.165, 1.54) is 153 Å². The fraction of sp³-hybridized carbons (Fsp3) is 0.583. The van der Waals surface area contributed by atoms with Gasteiger partial charge in [-0.1, -0.05) is 170 Å². The summed E-state index contributed by atoms with van der Waals surface area (Å²) >= 11 is 12.8. The molecule has 0 radical (unpaired) electrons. The minimum atomic E-state index is 0.00789. The van der Waals surface area contributed by atoms with E-state index in [4.69, 9.17) is 0 Å². The molecule has 0 nitrogen and oxygen atoms in total. The molecule has 0 amide bonds.